The van der Waals surface area contributed by atoms with Gasteiger partial charge in [-0.05, 0) is 55.5 Å². The summed E-state index contributed by atoms with van der Waals surface area (Å²) >= 11 is 0. The summed E-state index contributed by atoms with van der Waals surface area (Å²) in [6, 6.07) is 3.97. The van der Waals surface area contributed by atoms with Gasteiger partial charge in [-0.3, -0.25) is 0 Å². The van der Waals surface area contributed by atoms with Gasteiger partial charge < -0.3 is 15.4 Å². The molecule has 0 radical (unpaired) electrons. The molecule has 2 rings (SSSR count). The summed E-state index contributed by atoms with van der Waals surface area (Å²) in [5.41, 5.74) is 10.2. The number of fused-ring (bicyclic) bond motifs is 1. The molecule has 0 atom stereocenters. The molecule has 0 saturated carbocycles. The van der Waals surface area contributed by atoms with E-state index in [2.05, 4.69) is 38.3 Å². The molecule has 0 aliphatic carbocycles. The topological polar surface area (TPSA) is 68.2 Å². The van der Waals surface area contributed by atoms with Crippen molar-refractivity contribution in [1.29, 1.82) is 0 Å². The zero-order valence-corrected chi connectivity index (χ0v) is 14.2. The van der Waals surface area contributed by atoms with E-state index in [4.69, 9.17) is 5.73 Å². The first-order valence-electron chi connectivity index (χ1n) is 7.81. The molecule has 2 aromatic rings. The highest BCUT2D eigenvalue weighted by Gasteiger charge is 2.23. The summed E-state index contributed by atoms with van der Waals surface area (Å²) in [5, 5.41) is 10.7. The maximum atomic E-state index is 11.8. The van der Waals surface area contributed by atoms with E-state index in [1.165, 1.54) is 5.56 Å². The number of hydrogen-bond donors (Lipinski definition) is 2. The van der Waals surface area contributed by atoms with Crippen LogP contribution in [0.4, 0.5) is 0 Å². The largest absolute Gasteiger partial charge is 0.478 e. The normalized spacial score (nSPS) is 12.1. The van der Waals surface area contributed by atoms with Gasteiger partial charge in [-0.2, -0.15) is 0 Å². The van der Waals surface area contributed by atoms with Crippen molar-refractivity contribution in [3.8, 4) is 0 Å². The fourth-order valence-electron chi connectivity index (χ4n) is 3.13. The molecule has 0 amide bonds. The molecule has 22 heavy (non-hydrogen) atoms. The molecule has 0 aliphatic rings. The number of aromatic nitrogens is 1. The molecule has 120 valence electrons. The Morgan fingerprint density at radius 3 is 2.41 bits per heavy atom. The molecule has 0 unspecified atom stereocenters. The summed E-state index contributed by atoms with van der Waals surface area (Å²) < 4.78 is 2.09. The number of carboxylic acid groups (broad SMARTS) is 1. The Bertz CT molecular complexity index is 721. The Hall–Kier alpha value is -1.81. The van der Waals surface area contributed by atoms with Gasteiger partial charge in [-0.1, -0.05) is 20.8 Å². The Morgan fingerprint density at radius 1 is 1.32 bits per heavy atom. The van der Waals surface area contributed by atoms with Crippen molar-refractivity contribution < 1.29 is 9.90 Å². The van der Waals surface area contributed by atoms with Crippen molar-refractivity contribution in [2.45, 2.75) is 53.0 Å². The monoisotopic (exact) mass is 302 g/mol. The second-order valence-electron chi connectivity index (χ2n) is 6.82. The number of rotatable bonds is 4. The Labute approximate surface area is 131 Å². The minimum atomic E-state index is -0.873. The first-order chi connectivity index (χ1) is 10.2. The molecule has 4 nitrogen and oxygen atoms in total. The number of benzene rings is 1. The standard InChI is InChI=1S/C18H26N2O2/c1-6-20-11(2)13(7-8-19)14-9-12(18(3,4)5)10-15(16(14)20)17(21)22/h9-10H,6-8,19H2,1-5H3,(H,21,22). The van der Waals surface area contributed by atoms with Gasteiger partial charge in [0.25, 0.3) is 0 Å². The lowest BCUT2D eigenvalue weighted by molar-refractivity contribution is 0.0698. The van der Waals surface area contributed by atoms with Gasteiger partial charge in [0, 0.05) is 17.6 Å². The summed E-state index contributed by atoms with van der Waals surface area (Å²) in [7, 11) is 0. The fraction of sp³-hybridized carbons (Fsp3) is 0.500. The maximum Gasteiger partial charge on any atom is 0.337 e. The van der Waals surface area contributed by atoms with Gasteiger partial charge in [0.15, 0.2) is 0 Å². The highest BCUT2D eigenvalue weighted by molar-refractivity contribution is 6.04. The summed E-state index contributed by atoms with van der Waals surface area (Å²) in [6.07, 6.45) is 0.766. The SMILES string of the molecule is CCn1c(C)c(CCN)c2cc(C(C)(C)C)cc(C(=O)O)c21. The minimum absolute atomic E-state index is 0.0966. The van der Waals surface area contributed by atoms with E-state index in [0.29, 0.717) is 12.1 Å². The van der Waals surface area contributed by atoms with E-state index >= 15 is 0 Å². The van der Waals surface area contributed by atoms with Crippen molar-refractivity contribution >= 4 is 16.9 Å². The van der Waals surface area contributed by atoms with Crippen LogP contribution in [0.2, 0.25) is 0 Å². The van der Waals surface area contributed by atoms with Gasteiger partial charge >= 0.3 is 5.97 Å². The third kappa shape index (κ3) is 2.63. The molecule has 0 saturated heterocycles. The third-order valence-corrected chi connectivity index (χ3v) is 4.35. The van der Waals surface area contributed by atoms with Gasteiger partial charge in [0.2, 0.25) is 0 Å². The molecule has 0 spiro atoms. The molecule has 4 heteroatoms. The second-order valence-corrected chi connectivity index (χ2v) is 6.82. The van der Waals surface area contributed by atoms with Crippen LogP contribution in [-0.4, -0.2) is 22.2 Å². The van der Waals surface area contributed by atoms with Crippen LogP contribution in [0, 0.1) is 6.92 Å². The van der Waals surface area contributed by atoms with E-state index in [1.54, 1.807) is 0 Å². The zero-order chi connectivity index (χ0) is 16.7. The number of hydrogen-bond acceptors (Lipinski definition) is 2. The summed E-state index contributed by atoms with van der Waals surface area (Å²) in [4.78, 5) is 11.8. The van der Waals surface area contributed by atoms with Gasteiger partial charge in [0.05, 0.1) is 11.1 Å². The molecule has 3 N–H and O–H groups in total. The van der Waals surface area contributed by atoms with Gasteiger partial charge in [0.1, 0.15) is 0 Å². The van der Waals surface area contributed by atoms with E-state index in [9.17, 15) is 9.90 Å². The molecule has 0 fully saturated rings. The maximum absolute atomic E-state index is 11.8. The van der Waals surface area contributed by atoms with E-state index < -0.39 is 5.97 Å². The van der Waals surface area contributed by atoms with E-state index in [1.807, 2.05) is 13.0 Å². The van der Waals surface area contributed by atoms with Crippen LogP contribution in [-0.2, 0) is 18.4 Å². The fourth-order valence-corrected chi connectivity index (χ4v) is 3.13. The number of carbonyl (C=O) groups is 1. The second kappa shape index (κ2) is 5.76. The molecule has 1 heterocycles. The molecule has 0 bridgehead atoms. The first kappa shape index (κ1) is 16.6. The predicted octanol–water partition coefficient (Wildman–Crippen LogP) is 3.47. The quantitative estimate of drug-likeness (QED) is 0.908. The van der Waals surface area contributed by atoms with Crippen molar-refractivity contribution in [3.05, 3.63) is 34.5 Å². The number of carboxylic acids is 1. The van der Waals surface area contributed by atoms with Crippen LogP contribution in [0.3, 0.4) is 0 Å². The van der Waals surface area contributed by atoms with Crippen molar-refractivity contribution in [1.82, 2.24) is 4.57 Å². The van der Waals surface area contributed by atoms with Gasteiger partial charge in [-0.15, -0.1) is 0 Å². The third-order valence-electron chi connectivity index (χ3n) is 4.35. The molecular weight excluding hydrogens is 276 g/mol. The summed E-state index contributed by atoms with van der Waals surface area (Å²) in [6.45, 7) is 11.7. The predicted molar refractivity (Wildman–Crippen MR) is 90.8 cm³/mol. The number of aromatic carboxylic acids is 1. The smallest absolute Gasteiger partial charge is 0.337 e. The van der Waals surface area contributed by atoms with E-state index in [0.717, 1.165) is 35.1 Å². The Morgan fingerprint density at radius 2 is 1.95 bits per heavy atom. The Kier molecular flexibility index (Phi) is 4.34. The highest BCUT2D eigenvalue weighted by Crippen LogP contribution is 2.34. The Balaban J connectivity index is 2.95. The number of aryl methyl sites for hydroxylation is 1. The van der Waals surface area contributed by atoms with Crippen LogP contribution >= 0.6 is 0 Å². The minimum Gasteiger partial charge on any atom is -0.478 e. The van der Waals surface area contributed by atoms with Crippen molar-refractivity contribution in [2.75, 3.05) is 6.54 Å². The van der Waals surface area contributed by atoms with Crippen molar-refractivity contribution in [3.63, 3.8) is 0 Å². The van der Waals surface area contributed by atoms with Crippen LogP contribution in [0.5, 0.6) is 0 Å². The molecule has 1 aromatic heterocycles. The average molecular weight is 302 g/mol. The van der Waals surface area contributed by atoms with Gasteiger partial charge in [-0.25, -0.2) is 4.79 Å². The van der Waals surface area contributed by atoms with E-state index in [-0.39, 0.29) is 5.41 Å². The van der Waals surface area contributed by atoms with Crippen molar-refractivity contribution in [2.24, 2.45) is 5.73 Å². The highest BCUT2D eigenvalue weighted by atomic mass is 16.4. The molecular formula is C18H26N2O2. The first-order valence-corrected chi connectivity index (χ1v) is 7.81. The summed E-state index contributed by atoms with van der Waals surface area (Å²) in [5.74, 6) is -0.873. The van der Waals surface area contributed by atoms with Crippen LogP contribution < -0.4 is 5.73 Å². The van der Waals surface area contributed by atoms with Crippen LogP contribution in [0.15, 0.2) is 12.1 Å². The molecule has 1 aromatic carbocycles. The van der Waals surface area contributed by atoms with Crippen LogP contribution in [0.1, 0.15) is 54.9 Å². The lowest BCUT2D eigenvalue weighted by Gasteiger charge is -2.20. The lowest BCUT2D eigenvalue weighted by Crippen LogP contribution is -2.13. The number of nitrogens with zero attached hydrogens (tertiary/aromatic N) is 1. The van der Waals surface area contributed by atoms with Crippen LogP contribution in [0.25, 0.3) is 10.9 Å². The average Bonchev–Trinajstić information content (AvgIpc) is 2.69. The molecule has 0 aliphatic heterocycles. The number of nitrogens with two attached hydrogens (primary N) is 1. The zero-order valence-electron chi connectivity index (χ0n) is 14.2. The lowest BCUT2D eigenvalue weighted by atomic mass is 9.84.